The number of nitrogens with zero attached hydrogens (tertiary/aromatic N) is 2. The molecule has 4 rings (SSSR count). The van der Waals surface area contributed by atoms with Gasteiger partial charge in [-0.2, -0.15) is 0 Å². The fourth-order valence-electron chi connectivity index (χ4n) is 4.66. The monoisotopic (exact) mass is 318 g/mol. The Hall–Kier alpha value is -1.22. The van der Waals surface area contributed by atoms with Gasteiger partial charge in [-0.1, -0.05) is 30.2 Å². The topological polar surface area (TPSA) is 23.6 Å². The summed E-state index contributed by atoms with van der Waals surface area (Å²) >= 11 is 6.28. The first-order chi connectivity index (χ1) is 10.7. The van der Waals surface area contributed by atoms with Gasteiger partial charge < -0.3 is 9.80 Å². The third kappa shape index (κ3) is 2.50. The van der Waals surface area contributed by atoms with E-state index in [0.717, 1.165) is 49.2 Å². The summed E-state index contributed by atoms with van der Waals surface area (Å²) in [6.07, 6.45) is 5.08. The largest absolute Gasteiger partial charge is 0.367 e. The fraction of sp³-hybridized carbons (Fsp3) is 0.611. The zero-order valence-corrected chi connectivity index (χ0v) is 13.6. The van der Waals surface area contributed by atoms with E-state index >= 15 is 0 Å². The highest BCUT2D eigenvalue weighted by molar-refractivity contribution is 6.33. The van der Waals surface area contributed by atoms with Crippen molar-refractivity contribution in [2.75, 3.05) is 31.1 Å². The lowest BCUT2D eigenvalue weighted by atomic mass is 9.87. The van der Waals surface area contributed by atoms with Crippen molar-refractivity contribution in [3.63, 3.8) is 0 Å². The molecule has 0 aromatic heterocycles. The third-order valence-electron chi connectivity index (χ3n) is 5.84. The van der Waals surface area contributed by atoms with E-state index < -0.39 is 0 Å². The van der Waals surface area contributed by atoms with Gasteiger partial charge in [0.1, 0.15) is 0 Å². The molecule has 118 valence electrons. The molecule has 2 saturated carbocycles. The van der Waals surface area contributed by atoms with E-state index in [0.29, 0.717) is 17.7 Å². The summed E-state index contributed by atoms with van der Waals surface area (Å²) in [4.78, 5) is 17.2. The molecule has 1 aromatic rings. The van der Waals surface area contributed by atoms with Crippen LogP contribution in [0.15, 0.2) is 24.3 Å². The Labute approximate surface area is 137 Å². The van der Waals surface area contributed by atoms with Gasteiger partial charge in [0.15, 0.2) is 0 Å². The molecule has 4 heteroatoms. The quantitative estimate of drug-likeness (QED) is 0.834. The van der Waals surface area contributed by atoms with Crippen molar-refractivity contribution in [2.45, 2.75) is 25.7 Å². The third-order valence-corrected chi connectivity index (χ3v) is 6.16. The lowest BCUT2D eigenvalue weighted by Gasteiger charge is -2.38. The first kappa shape index (κ1) is 14.4. The molecule has 0 unspecified atom stereocenters. The Morgan fingerprint density at radius 2 is 1.82 bits per heavy atom. The van der Waals surface area contributed by atoms with E-state index in [-0.39, 0.29) is 0 Å². The van der Waals surface area contributed by atoms with Crippen molar-refractivity contribution in [2.24, 2.45) is 17.8 Å². The van der Waals surface area contributed by atoms with Crippen LogP contribution in [-0.4, -0.2) is 37.0 Å². The van der Waals surface area contributed by atoms with Gasteiger partial charge in [0.25, 0.3) is 0 Å². The molecule has 1 aliphatic heterocycles. The zero-order chi connectivity index (χ0) is 15.1. The van der Waals surface area contributed by atoms with Gasteiger partial charge in [-0.25, -0.2) is 0 Å². The standard InChI is InChI=1S/C18H23ClN2O/c19-16-3-1-2-4-17(16)20-7-9-21(10-8-20)18(22)15-12-13-5-6-14(15)11-13/h1-4,13-15H,5-12H2/t13-,14-,15-/m0/s1. The number of halogens is 1. The molecule has 2 bridgehead atoms. The Kier molecular flexibility index (Phi) is 3.77. The maximum Gasteiger partial charge on any atom is 0.226 e. The Morgan fingerprint density at radius 1 is 1.05 bits per heavy atom. The summed E-state index contributed by atoms with van der Waals surface area (Å²) in [6, 6.07) is 7.98. The molecule has 22 heavy (non-hydrogen) atoms. The van der Waals surface area contributed by atoms with Crippen LogP contribution in [0.5, 0.6) is 0 Å². The number of para-hydroxylation sites is 1. The molecule has 2 aliphatic carbocycles. The first-order valence-electron chi connectivity index (χ1n) is 8.50. The van der Waals surface area contributed by atoms with E-state index in [1.165, 1.54) is 19.3 Å². The minimum absolute atomic E-state index is 0.325. The second-order valence-electron chi connectivity index (χ2n) is 7.05. The predicted molar refractivity (Wildman–Crippen MR) is 89.2 cm³/mol. The number of hydrogen-bond donors (Lipinski definition) is 0. The van der Waals surface area contributed by atoms with Crippen LogP contribution in [0.4, 0.5) is 5.69 Å². The summed E-state index contributed by atoms with van der Waals surface area (Å²) in [5, 5.41) is 0.801. The molecule has 0 radical (unpaired) electrons. The highest BCUT2D eigenvalue weighted by atomic mass is 35.5. The van der Waals surface area contributed by atoms with Gasteiger partial charge in [-0.15, -0.1) is 0 Å². The summed E-state index contributed by atoms with van der Waals surface area (Å²) < 4.78 is 0. The second-order valence-corrected chi connectivity index (χ2v) is 7.45. The summed E-state index contributed by atoms with van der Waals surface area (Å²) in [5.74, 6) is 2.26. The number of rotatable bonds is 2. The van der Waals surface area contributed by atoms with Crippen molar-refractivity contribution >= 4 is 23.2 Å². The van der Waals surface area contributed by atoms with Gasteiger partial charge >= 0.3 is 0 Å². The molecular weight excluding hydrogens is 296 g/mol. The first-order valence-corrected chi connectivity index (χ1v) is 8.88. The smallest absolute Gasteiger partial charge is 0.226 e. The van der Waals surface area contributed by atoms with Crippen LogP contribution in [0.3, 0.4) is 0 Å². The van der Waals surface area contributed by atoms with Crippen molar-refractivity contribution in [1.82, 2.24) is 4.90 Å². The van der Waals surface area contributed by atoms with Gasteiger partial charge in [0.05, 0.1) is 10.7 Å². The minimum atomic E-state index is 0.325. The molecule has 3 atom stereocenters. The van der Waals surface area contributed by atoms with Crippen LogP contribution in [0.25, 0.3) is 0 Å². The highest BCUT2D eigenvalue weighted by Gasteiger charge is 2.44. The molecule has 0 spiro atoms. The van der Waals surface area contributed by atoms with Crippen LogP contribution in [0.2, 0.25) is 5.02 Å². The average Bonchev–Trinajstić information content (AvgIpc) is 3.18. The normalized spacial score (nSPS) is 30.9. The van der Waals surface area contributed by atoms with E-state index in [9.17, 15) is 4.79 Å². The number of piperazine rings is 1. The average molecular weight is 319 g/mol. The SMILES string of the molecule is O=C([C@H]1C[C@H]2CC[C@H]1C2)N1CCN(c2ccccc2Cl)CC1. The number of fused-ring (bicyclic) bond motifs is 2. The fourth-order valence-corrected chi connectivity index (χ4v) is 4.91. The zero-order valence-electron chi connectivity index (χ0n) is 12.9. The molecule has 3 fully saturated rings. The van der Waals surface area contributed by atoms with Crippen molar-refractivity contribution in [3.05, 3.63) is 29.3 Å². The minimum Gasteiger partial charge on any atom is -0.367 e. The summed E-state index contributed by atoms with van der Waals surface area (Å²) in [6.45, 7) is 3.43. The summed E-state index contributed by atoms with van der Waals surface area (Å²) in [5.41, 5.74) is 1.09. The number of carbonyl (C=O) groups is 1. The number of amides is 1. The maximum absolute atomic E-state index is 12.8. The van der Waals surface area contributed by atoms with E-state index in [2.05, 4.69) is 15.9 Å². The molecule has 3 aliphatic rings. The molecule has 1 heterocycles. The van der Waals surface area contributed by atoms with Gasteiger partial charge in [0, 0.05) is 32.1 Å². The van der Waals surface area contributed by atoms with E-state index in [4.69, 9.17) is 11.6 Å². The lowest BCUT2D eigenvalue weighted by Crippen LogP contribution is -2.51. The summed E-state index contributed by atoms with van der Waals surface area (Å²) in [7, 11) is 0. The van der Waals surface area contributed by atoms with Gasteiger partial charge in [0.2, 0.25) is 5.91 Å². The van der Waals surface area contributed by atoms with Crippen LogP contribution in [0.1, 0.15) is 25.7 Å². The van der Waals surface area contributed by atoms with E-state index in [1.54, 1.807) is 0 Å². The highest BCUT2D eigenvalue weighted by Crippen LogP contribution is 2.48. The van der Waals surface area contributed by atoms with Crippen LogP contribution in [0, 0.1) is 17.8 Å². The van der Waals surface area contributed by atoms with Crippen LogP contribution in [-0.2, 0) is 4.79 Å². The lowest BCUT2D eigenvalue weighted by molar-refractivity contribution is -0.137. The second kappa shape index (κ2) is 5.77. The Balaban J connectivity index is 1.38. The van der Waals surface area contributed by atoms with Crippen LogP contribution < -0.4 is 4.90 Å². The van der Waals surface area contributed by atoms with Gasteiger partial charge in [-0.05, 0) is 43.2 Å². The van der Waals surface area contributed by atoms with Crippen molar-refractivity contribution in [3.8, 4) is 0 Å². The number of carbonyl (C=O) groups excluding carboxylic acids is 1. The predicted octanol–water partition coefficient (Wildman–Crippen LogP) is 3.42. The molecular formula is C18H23ClN2O. The Morgan fingerprint density at radius 3 is 2.45 bits per heavy atom. The molecule has 1 saturated heterocycles. The molecule has 0 N–H and O–H groups in total. The number of hydrogen-bond acceptors (Lipinski definition) is 2. The maximum atomic E-state index is 12.8. The van der Waals surface area contributed by atoms with Crippen molar-refractivity contribution in [1.29, 1.82) is 0 Å². The molecule has 1 amide bonds. The van der Waals surface area contributed by atoms with Gasteiger partial charge in [-0.3, -0.25) is 4.79 Å². The number of benzene rings is 1. The van der Waals surface area contributed by atoms with Crippen molar-refractivity contribution < 1.29 is 4.79 Å². The molecule has 3 nitrogen and oxygen atoms in total. The Bertz CT molecular complexity index is 568. The van der Waals surface area contributed by atoms with Crippen LogP contribution >= 0.6 is 11.6 Å². The van der Waals surface area contributed by atoms with E-state index in [1.807, 2.05) is 18.2 Å². The molecule has 1 aromatic carbocycles. The number of anilines is 1.